The number of nitrogens with zero attached hydrogens (tertiary/aromatic N) is 2. The van der Waals surface area contributed by atoms with E-state index in [1.807, 2.05) is 26.0 Å². The molecule has 0 amide bonds. The Labute approximate surface area is 84.2 Å². The van der Waals surface area contributed by atoms with Crippen LogP contribution in [0, 0.1) is 12.3 Å². The van der Waals surface area contributed by atoms with Crippen LogP contribution in [0.1, 0.15) is 12.5 Å². The normalized spacial score (nSPS) is 8.38. The van der Waals surface area contributed by atoms with Gasteiger partial charge in [-0.1, -0.05) is 0 Å². The molecule has 0 aliphatic rings. The molecule has 0 aromatic heterocycles. The van der Waals surface area contributed by atoms with Crippen molar-refractivity contribution in [2.24, 2.45) is 0 Å². The average Bonchev–Trinajstić information content (AvgIpc) is 2.05. The summed E-state index contributed by atoms with van der Waals surface area (Å²) in [6, 6.07) is 5.64. The monoisotopic (exact) mass is 197 g/mol. The first-order valence-corrected chi connectivity index (χ1v) is 3.97. The van der Waals surface area contributed by atoms with Gasteiger partial charge in [0.05, 0.1) is 0 Å². The van der Waals surface area contributed by atoms with Crippen LogP contribution in [0.4, 0.5) is 11.4 Å². The predicted octanol–water partition coefficient (Wildman–Crippen LogP) is -0.0846. The summed E-state index contributed by atoms with van der Waals surface area (Å²) in [7, 11) is 0. The number of anilines is 1. The van der Waals surface area contributed by atoms with Crippen LogP contribution in [0.25, 0.3) is 4.98 Å². The lowest BCUT2D eigenvalue weighted by Gasteiger charge is -2.00. The molecule has 13 heavy (non-hydrogen) atoms. The quantitative estimate of drug-likeness (QED) is 0.674. The topological polar surface area (TPSA) is 40.2 Å². The summed E-state index contributed by atoms with van der Waals surface area (Å²) >= 11 is 0. The van der Waals surface area contributed by atoms with Gasteiger partial charge in [-0.15, -0.1) is 0 Å². The minimum Gasteiger partial charge on any atom is -1.00 e. The highest BCUT2D eigenvalue weighted by Gasteiger charge is 2.08. The van der Waals surface area contributed by atoms with Crippen LogP contribution < -0.4 is 17.7 Å². The Morgan fingerprint density at radius 1 is 1.46 bits per heavy atom. The lowest BCUT2D eigenvalue weighted by atomic mass is 10.2. The Balaban J connectivity index is 0.00000144. The summed E-state index contributed by atoms with van der Waals surface area (Å²) in [5, 5.41) is 11.7. The molecule has 0 unspecified atom stereocenters. The maximum Gasteiger partial charge on any atom is 0.388 e. The van der Waals surface area contributed by atoms with Gasteiger partial charge in [0.15, 0.2) is 4.98 Å². The van der Waals surface area contributed by atoms with Gasteiger partial charge in [-0.3, -0.25) is 0 Å². The molecule has 70 valence electrons. The van der Waals surface area contributed by atoms with Gasteiger partial charge < -0.3 is 17.7 Å². The number of rotatable bonds is 2. The molecule has 0 radical (unpaired) electrons. The number of hydrogen-bond donors (Lipinski definition) is 1. The minimum absolute atomic E-state index is 0. The summed E-state index contributed by atoms with van der Waals surface area (Å²) in [4.78, 5) is 3.14. The molecule has 0 atom stereocenters. The number of halogens is 1. The molecule has 0 saturated heterocycles. The number of aryl methyl sites for hydroxylation is 1. The maximum atomic E-state index is 8.54. The molecule has 1 aromatic rings. The second kappa shape index (κ2) is 5.39. The van der Waals surface area contributed by atoms with Gasteiger partial charge in [-0.2, -0.15) is 0 Å². The van der Waals surface area contributed by atoms with Crippen molar-refractivity contribution in [3.63, 3.8) is 0 Å². The third-order valence-corrected chi connectivity index (χ3v) is 1.69. The molecule has 0 aliphatic carbocycles. The van der Waals surface area contributed by atoms with E-state index in [9.17, 15) is 0 Å². The van der Waals surface area contributed by atoms with Gasteiger partial charge in [0.2, 0.25) is 5.39 Å². The van der Waals surface area contributed by atoms with E-state index in [1.54, 1.807) is 6.07 Å². The van der Waals surface area contributed by atoms with Crippen LogP contribution in [0.3, 0.4) is 0 Å². The first kappa shape index (κ1) is 11.7. The molecule has 0 heterocycles. The van der Waals surface area contributed by atoms with Crippen LogP contribution >= 0.6 is 0 Å². The fourth-order valence-corrected chi connectivity index (χ4v) is 1.08. The molecular weight excluding hydrogens is 186 g/mol. The molecule has 1 rings (SSSR count). The standard InChI is InChI=1S/C9H12N3.ClH/c1-3-11-8-4-5-9(12-10)7(2)6-8;/h4-6,11H,3H2,1-2H3;1H/q+1;/p-1. The second-order valence-corrected chi connectivity index (χ2v) is 2.63. The zero-order valence-electron chi connectivity index (χ0n) is 7.71. The second-order valence-electron chi connectivity index (χ2n) is 2.63. The Morgan fingerprint density at radius 2 is 2.15 bits per heavy atom. The summed E-state index contributed by atoms with van der Waals surface area (Å²) in [6.07, 6.45) is 0. The molecule has 1 aromatic carbocycles. The largest absolute Gasteiger partial charge is 1.00 e. The van der Waals surface area contributed by atoms with E-state index in [2.05, 4.69) is 10.3 Å². The van der Waals surface area contributed by atoms with E-state index in [4.69, 9.17) is 5.39 Å². The van der Waals surface area contributed by atoms with Crippen LogP contribution in [0.2, 0.25) is 0 Å². The Morgan fingerprint density at radius 3 is 2.62 bits per heavy atom. The molecule has 0 aliphatic heterocycles. The first-order chi connectivity index (χ1) is 5.77. The van der Waals surface area contributed by atoms with Crippen molar-refractivity contribution in [1.29, 1.82) is 5.39 Å². The van der Waals surface area contributed by atoms with Crippen LogP contribution in [-0.4, -0.2) is 6.54 Å². The van der Waals surface area contributed by atoms with Gasteiger partial charge in [-0.05, 0) is 26.0 Å². The zero-order valence-corrected chi connectivity index (χ0v) is 8.47. The molecule has 3 nitrogen and oxygen atoms in total. The fourth-order valence-electron chi connectivity index (χ4n) is 1.08. The Kier molecular flexibility index (Phi) is 4.86. The fraction of sp³-hybridized carbons (Fsp3) is 0.333. The lowest BCUT2D eigenvalue weighted by Crippen LogP contribution is -3.00. The van der Waals surface area contributed by atoms with Crippen molar-refractivity contribution in [3.8, 4) is 0 Å². The van der Waals surface area contributed by atoms with Crippen molar-refractivity contribution in [2.75, 3.05) is 11.9 Å². The van der Waals surface area contributed by atoms with Crippen molar-refractivity contribution in [2.45, 2.75) is 13.8 Å². The third-order valence-electron chi connectivity index (χ3n) is 1.69. The molecule has 1 N–H and O–H groups in total. The van der Waals surface area contributed by atoms with E-state index in [0.29, 0.717) is 5.69 Å². The van der Waals surface area contributed by atoms with E-state index < -0.39 is 0 Å². The summed E-state index contributed by atoms with van der Waals surface area (Å²) in [5.41, 5.74) is 2.65. The van der Waals surface area contributed by atoms with E-state index in [0.717, 1.165) is 17.8 Å². The summed E-state index contributed by atoms with van der Waals surface area (Å²) in [5.74, 6) is 0. The van der Waals surface area contributed by atoms with Crippen LogP contribution in [-0.2, 0) is 0 Å². The highest BCUT2D eigenvalue weighted by atomic mass is 35.5. The maximum absolute atomic E-state index is 8.54. The highest BCUT2D eigenvalue weighted by Crippen LogP contribution is 2.21. The number of nitrogens with one attached hydrogen (secondary N) is 1. The summed E-state index contributed by atoms with van der Waals surface area (Å²) < 4.78 is 0. The smallest absolute Gasteiger partial charge is 0.388 e. The van der Waals surface area contributed by atoms with Crippen LogP contribution in [0.5, 0.6) is 0 Å². The molecule has 0 fully saturated rings. The van der Waals surface area contributed by atoms with Gasteiger partial charge in [0.25, 0.3) is 0 Å². The molecular formula is C9H12ClN3. The number of hydrogen-bond acceptors (Lipinski definition) is 2. The minimum atomic E-state index is 0. The van der Waals surface area contributed by atoms with Gasteiger partial charge in [0, 0.05) is 23.9 Å². The van der Waals surface area contributed by atoms with Crippen molar-refractivity contribution >= 4 is 11.4 Å². The third kappa shape index (κ3) is 2.92. The predicted molar refractivity (Wildman–Crippen MR) is 50.1 cm³/mol. The SMILES string of the molecule is CCNc1ccc([N+]#N)c(C)c1.[Cl-]. The van der Waals surface area contributed by atoms with Crippen molar-refractivity contribution in [3.05, 3.63) is 28.7 Å². The average molecular weight is 198 g/mol. The zero-order chi connectivity index (χ0) is 8.97. The van der Waals surface area contributed by atoms with Gasteiger partial charge >= 0.3 is 5.69 Å². The van der Waals surface area contributed by atoms with E-state index in [-0.39, 0.29) is 12.4 Å². The molecule has 0 saturated carbocycles. The van der Waals surface area contributed by atoms with Gasteiger partial charge in [-0.25, -0.2) is 0 Å². The number of benzene rings is 1. The lowest BCUT2D eigenvalue weighted by molar-refractivity contribution is -0.00000281. The van der Waals surface area contributed by atoms with Crippen molar-refractivity contribution < 1.29 is 12.4 Å². The van der Waals surface area contributed by atoms with Crippen LogP contribution in [0.15, 0.2) is 18.2 Å². The van der Waals surface area contributed by atoms with Gasteiger partial charge in [0.1, 0.15) is 0 Å². The number of diazo groups is 1. The Hall–Kier alpha value is -1.27. The molecule has 0 bridgehead atoms. The van der Waals surface area contributed by atoms with E-state index in [1.165, 1.54) is 0 Å². The molecule has 0 spiro atoms. The highest BCUT2D eigenvalue weighted by molar-refractivity contribution is 5.59. The first-order valence-electron chi connectivity index (χ1n) is 3.97. The molecule has 4 heteroatoms. The Bertz CT molecular complexity index is 317. The summed E-state index contributed by atoms with van der Waals surface area (Å²) in [6.45, 7) is 4.85. The van der Waals surface area contributed by atoms with E-state index >= 15 is 0 Å². The van der Waals surface area contributed by atoms with Crippen molar-refractivity contribution in [1.82, 2.24) is 0 Å².